The molecule has 1 heterocycles. The van der Waals surface area contributed by atoms with Gasteiger partial charge in [-0.2, -0.15) is 0 Å². The van der Waals surface area contributed by atoms with E-state index in [0.29, 0.717) is 29.9 Å². The molecule has 8 heteroatoms. The molecule has 0 aromatic heterocycles. The SMILES string of the molecule is CN=C(NCCN1CCN(C(=O)C2CCC2)CC1)NCc1ccccc1F.I. The van der Waals surface area contributed by atoms with Crippen molar-refractivity contribution in [1.82, 2.24) is 20.4 Å². The molecule has 0 atom stereocenters. The predicted octanol–water partition coefficient (Wildman–Crippen LogP) is 2.05. The fraction of sp³-hybridized carbons (Fsp3) is 0.600. The zero-order valence-electron chi connectivity index (χ0n) is 16.5. The quantitative estimate of drug-likeness (QED) is 0.355. The summed E-state index contributed by atoms with van der Waals surface area (Å²) in [4.78, 5) is 20.9. The number of aliphatic imine (C=N–C) groups is 1. The molecule has 3 rings (SSSR count). The minimum absolute atomic E-state index is 0. The number of hydrogen-bond acceptors (Lipinski definition) is 3. The van der Waals surface area contributed by atoms with E-state index in [1.54, 1.807) is 19.2 Å². The molecule has 1 aromatic carbocycles. The highest BCUT2D eigenvalue weighted by Crippen LogP contribution is 2.28. The molecule has 2 aliphatic rings. The van der Waals surface area contributed by atoms with E-state index >= 15 is 0 Å². The Hall–Kier alpha value is -1.42. The maximum absolute atomic E-state index is 13.7. The van der Waals surface area contributed by atoms with Gasteiger partial charge in [-0.15, -0.1) is 24.0 Å². The number of guanidine groups is 1. The molecule has 1 aliphatic carbocycles. The predicted molar refractivity (Wildman–Crippen MR) is 120 cm³/mol. The average molecular weight is 503 g/mol. The van der Waals surface area contributed by atoms with Crippen molar-refractivity contribution < 1.29 is 9.18 Å². The molecule has 156 valence electrons. The molecule has 1 amide bonds. The lowest BCUT2D eigenvalue weighted by Gasteiger charge is -2.38. The molecule has 0 spiro atoms. The fourth-order valence-corrected chi connectivity index (χ4v) is 3.48. The van der Waals surface area contributed by atoms with Gasteiger partial charge in [-0.25, -0.2) is 4.39 Å². The van der Waals surface area contributed by atoms with Crippen LogP contribution in [0.1, 0.15) is 24.8 Å². The second-order valence-electron chi connectivity index (χ2n) is 7.24. The van der Waals surface area contributed by atoms with Gasteiger partial charge in [0.25, 0.3) is 0 Å². The summed E-state index contributed by atoms with van der Waals surface area (Å²) in [6.07, 6.45) is 3.35. The molecular formula is C20H31FIN5O. The molecule has 1 saturated heterocycles. The van der Waals surface area contributed by atoms with Crippen molar-refractivity contribution >= 4 is 35.8 Å². The normalized spacial score (nSPS) is 18.2. The lowest BCUT2D eigenvalue weighted by Crippen LogP contribution is -2.52. The minimum Gasteiger partial charge on any atom is -0.355 e. The van der Waals surface area contributed by atoms with E-state index in [0.717, 1.165) is 52.1 Å². The van der Waals surface area contributed by atoms with Gasteiger partial charge in [0.1, 0.15) is 5.82 Å². The third kappa shape index (κ3) is 6.30. The van der Waals surface area contributed by atoms with Crippen molar-refractivity contribution in [2.45, 2.75) is 25.8 Å². The summed E-state index contributed by atoms with van der Waals surface area (Å²) in [6.45, 7) is 5.54. The summed E-state index contributed by atoms with van der Waals surface area (Å²) >= 11 is 0. The lowest BCUT2D eigenvalue weighted by atomic mass is 9.84. The Morgan fingerprint density at radius 2 is 1.89 bits per heavy atom. The van der Waals surface area contributed by atoms with Crippen molar-refractivity contribution in [2.24, 2.45) is 10.9 Å². The van der Waals surface area contributed by atoms with Crippen LogP contribution in [0.15, 0.2) is 29.3 Å². The number of piperazine rings is 1. The van der Waals surface area contributed by atoms with Crippen LogP contribution in [0.25, 0.3) is 0 Å². The molecule has 2 N–H and O–H groups in total. The summed E-state index contributed by atoms with van der Waals surface area (Å²) < 4.78 is 13.7. The number of benzene rings is 1. The topological polar surface area (TPSA) is 60.0 Å². The third-order valence-electron chi connectivity index (χ3n) is 5.49. The first kappa shape index (κ1) is 22.9. The number of nitrogens with zero attached hydrogens (tertiary/aromatic N) is 3. The van der Waals surface area contributed by atoms with Crippen molar-refractivity contribution in [3.63, 3.8) is 0 Å². The van der Waals surface area contributed by atoms with E-state index in [1.807, 2.05) is 11.0 Å². The molecule has 1 saturated carbocycles. The molecule has 0 unspecified atom stereocenters. The highest BCUT2D eigenvalue weighted by atomic mass is 127. The van der Waals surface area contributed by atoms with E-state index < -0.39 is 0 Å². The maximum Gasteiger partial charge on any atom is 0.225 e. The number of rotatable bonds is 6. The molecule has 1 aliphatic heterocycles. The van der Waals surface area contributed by atoms with Gasteiger partial charge in [0, 0.05) is 64.3 Å². The number of hydrogen-bond donors (Lipinski definition) is 2. The van der Waals surface area contributed by atoms with Gasteiger partial charge in [0.2, 0.25) is 5.91 Å². The summed E-state index contributed by atoms with van der Waals surface area (Å²) in [7, 11) is 1.71. The van der Waals surface area contributed by atoms with Crippen LogP contribution < -0.4 is 10.6 Å². The molecule has 1 aromatic rings. The highest BCUT2D eigenvalue weighted by Gasteiger charge is 2.30. The van der Waals surface area contributed by atoms with Crippen LogP contribution in [-0.4, -0.2) is 68.0 Å². The Bertz CT molecular complexity index is 660. The van der Waals surface area contributed by atoms with Crippen LogP contribution in [0, 0.1) is 11.7 Å². The smallest absolute Gasteiger partial charge is 0.225 e. The van der Waals surface area contributed by atoms with E-state index in [9.17, 15) is 9.18 Å². The lowest BCUT2D eigenvalue weighted by molar-refractivity contribution is -0.139. The molecular weight excluding hydrogens is 472 g/mol. The molecule has 28 heavy (non-hydrogen) atoms. The first-order valence-electron chi connectivity index (χ1n) is 9.86. The van der Waals surface area contributed by atoms with Gasteiger partial charge < -0.3 is 15.5 Å². The zero-order chi connectivity index (χ0) is 19.1. The van der Waals surface area contributed by atoms with Gasteiger partial charge >= 0.3 is 0 Å². The van der Waals surface area contributed by atoms with E-state index in [2.05, 4.69) is 20.5 Å². The molecule has 0 radical (unpaired) electrons. The van der Waals surface area contributed by atoms with E-state index in [-0.39, 0.29) is 29.8 Å². The average Bonchev–Trinajstić information content (AvgIpc) is 2.64. The Morgan fingerprint density at radius 1 is 1.18 bits per heavy atom. The van der Waals surface area contributed by atoms with Gasteiger partial charge in [-0.3, -0.25) is 14.7 Å². The number of carbonyl (C=O) groups is 1. The number of halogens is 2. The molecule has 2 fully saturated rings. The van der Waals surface area contributed by atoms with Crippen molar-refractivity contribution in [2.75, 3.05) is 46.3 Å². The van der Waals surface area contributed by atoms with Crippen molar-refractivity contribution in [3.05, 3.63) is 35.6 Å². The van der Waals surface area contributed by atoms with Crippen LogP contribution in [0.2, 0.25) is 0 Å². The van der Waals surface area contributed by atoms with Crippen LogP contribution in [0.3, 0.4) is 0 Å². The molecule has 6 nitrogen and oxygen atoms in total. The summed E-state index contributed by atoms with van der Waals surface area (Å²) in [5.74, 6) is 1.10. The fourth-order valence-electron chi connectivity index (χ4n) is 3.48. The highest BCUT2D eigenvalue weighted by molar-refractivity contribution is 14.0. The minimum atomic E-state index is -0.213. The Balaban J connectivity index is 0.00000280. The maximum atomic E-state index is 13.7. The Morgan fingerprint density at radius 3 is 2.50 bits per heavy atom. The van der Waals surface area contributed by atoms with Gasteiger partial charge in [0.15, 0.2) is 5.96 Å². The summed E-state index contributed by atoms with van der Waals surface area (Å²) in [6, 6.07) is 6.74. The summed E-state index contributed by atoms with van der Waals surface area (Å²) in [5.41, 5.74) is 0.618. The van der Waals surface area contributed by atoms with Gasteiger partial charge in [-0.1, -0.05) is 24.6 Å². The summed E-state index contributed by atoms with van der Waals surface area (Å²) in [5, 5.41) is 6.41. The standard InChI is InChI=1S/C20H30FN5O.HI/c1-22-20(24-15-17-5-2-3-8-18(17)21)23-9-10-25-11-13-26(14-12-25)19(27)16-6-4-7-16;/h2-3,5,8,16H,4,6-7,9-15H2,1H3,(H2,22,23,24);1H. The second kappa shape index (κ2) is 11.5. The van der Waals surface area contributed by atoms with Crippen LogP contribution in [-0.2, 0) is 11.3 Å². The van der Waals surface area contributed by atoms with Gasteiger partial charge in [-0.05, 0) is 18.9 Å². The van der Waals surface area contributed by atoms with Crippen molar-refractivity contribution in [3.8, 4) is 0 Å². The van der Waals surface area contributed by atoms with Crippen LogP contribution in [0.5, 0.6) is 0 Å². The van der Waals surface area contributed by atoms with E-state index in [1.165, 1.54) is 12.5 Å². The number of nitrogens with one attached hydrogen (secondary N) is 2. The first-order chi connectivity index (χ1) is 13.2. The number of amides is 1. The Kier molecular flexibility index (Phi) is 9.43. The van der Waals surface area contributed by atoms with E-state index in [4.69, 9.17) is 0 Å². The van der Waals surface area contributed by atoms with Crippen molar-refractivity contribution in [1.29, 1.82) is 0 Å². The van der Waals surface area contributed by atoms with Crippen LogP contribution in [0.4, 0.5) is 4.39 Å². The third-order valence-corrected chi connectivity index (χ3v) is 5.49. The zero-order valence-corrected chi connectivity index (χ0v) is 18.8. The number of carbonyl (C=O) groups excluding carboxylic acids is 1. The van der Waals surface area contributed by atoms with Crippen LogP contribution >= 0.6 is 24.0 Å². The Labute approximate surface area is 184 Å². The monoisotopic (exact) mass is 503 g/mol. The van der Waals surface area contributed by atoms with Gasteiger partial charge in [0.05, 0.1) is 0 Å². The second-order valence-corrected chi connectivity index (χ2v) is 7.24. The molecule has 0 bridgehead atoms. The first-order valence-corrected chi connectivity index (χ1v) is 9.86. The largest absolute Gasteiger partial charge is 0.355 e.